The van der Waals surface area contributed by atoms with Crippen LogP contribution in [0.5, 0.6) is 0 Å². The molecule has 0 amide bonds. The maximum Gasteiger partial charge on any atom is 0.341 e. The molecule has 0 bridgehead atoms. The van der Waals surface area contributed by atoms with Crippen molar-refractivity contribution in [3.05, 3.63) is 69.8 Å². The van der Waals surface area contributed by atoms with Gasteiger partial charge in [-0.2, -0.15) is 0 Å². The normalized spacial score (nSPS) is 14.3. The summed E-state index contributed by atoms with van der Waals surface area (Å²) in [5.74, 6) is -0.369. The number of esters is 1. The molecule has 21 heavy (non-hydrogen) atoms. The van der Waals surface area contributed by atoms with E-state index in [0.29, 0.717) is 21.3 Å². The molecule has 1 N–H and O–H groups in total. The van der Waals surface area contributed by atoms with Crippen molar-refractivity contribution in [3.63, 3.8) is 0 Å². The molecule has 5 heteroatoms. The number of ether oxygens (including phenoxy) is 1. The number of benzene rings is 2. The third-order valence-corrected chi connectivity index (χ3v) is 3.69. The number of hydrogen-bond acceptors (Lipinski definition) is 3. The fraction of sp³-hybridized carbons (Fsp3) is 0.0625. The van der Waals surface area contributed by atoms with Crippen LogP contribution < -0.4 is 5.32 Å². The van der Waals surface area contributed by atoms with Crippen LogP contribution in [0.15, 0.2) is 54.2 Å². The highest BCUT2D eigenvalue weighted by Gasteiger charge is 2.26. The minimum atomic E-state index is -0.369. The van der Waals surface area contributed by atoms with Gasteiger partial charge in [0.1, 0.15) is 6.61 Å². The summed E-state index contributed by atoms with van der Waals surface area (Å²) >= 11 is 12.1. The number of para-hydroxylation sites is 1. The predicted octanol–water partition coefficient (Wildman–Crippen LogP) is 4.37. The topological polar surface area (TPSA) is 38.3 Å². The van der Waals surface area contributed by atoms with E-state index >= 15 is 0 Å². The number of anilines is 1. The highest BCUT2D eigenvalue weighted by Crippen LogP contribution is 2.30. The number of halogens is 2. The fourth-order valence-corrected chi connectivity index (χ4v) is 2.54. The minimum absolute atomic E-state index is 0.186. The average molecular weight is 320 g/mol. The quantitative estimate of drug-likeness (QED) is 0.853. The van der Waals surface area contributed by atoms with Crippen LogP contribution in [0.25, 0.3) is 5.57 Å². The highest BCUT2D eigenvalue weighted by atomic mass is 35.5. The van der Waals surface area contributed by atoms with Crippen molar-refractivity contribution < 1.29 is 9.53 Å². The molecule has 0 aliphatic carbocycles. The van der Waals surface area contributed by atoms with Crippen molar-refractivity contribution in [3.8, 4) is 0 Å². The molecule has 1 aliphatic heterocycles. The fourth-order valence-electron chi connectivity index (χ4n) is 2.17. The molecule has 106 valence electrons. The van der Waals surface area contributed by atoms with Crippen molar-refractivity contribution >= 4 is 40.4 Å². The van der Waals surface area contributed by atoms with Gasteiger partial charge in [-0.1, -0.05) is 47.5 Å². The molecule has 0 unspecified atom stereocenters. The number of carbonyl (C=O) groups is 1. The number of rotatable bonds is 3. The van der Waals surface area contributed by atoms with E-state index in [1.165, 1.54) is 0 Å². The van der Waals surface area contributed by atoms with Crippen LogP contribution in [0.4, 0.5) is 5.69 Å². The van der Waals surface area contributed by atoms with Crippen molar-refractivity contribution in [2.24, 2.45) is 0 Å². The Morgan fingerprint density at radius 3 is 2.62 bits per heavy atom. The van der Waals surface area contributed by atoms with Crippen LogP contribution in [-0.2, 0) is 9.53 Å². The molecule has 0 fully saturated rings. The molecule has 0 radical (unpaired) electrons. The summed E-state index contributed by atoms with van der Waals surface area (Å²) < 4.78 is 5.12. The number of cyclic esters (lactones) is 1. The first kappa shape index (κ1) is 14.0. The summed E-state index contributed by atoms with van der Waals surface area (Å²) in [6.45, 7) is 0.186. The van der Waals surface area contributed by atoms with Gasteiger partial charge in [-0.3, -0.25) is 0 Å². The second-order valence-corrected chi connectivity index (χ2v) is 5.39. The molecule has 3 rings (SSSR count). The maximum absolute atomic E-state index is 12.0. The lowest BCUT2D eigenvalue weighted by atomic mass is 10.1. The number of carbonyl (C=O) groups excluding carboxylic acids is 1. The molecule has 2 aromatic carbocycles. The van der Waals surface area contributed by atoms with Gasteiger partial charge in [0.05, 0.1) is 22.0 Å². The molecule has 3 nitrogen and oxygen atoms in total. The van der Waals surface area contributed by atoms with Gasteiger partial charge in [0, 0.05) is 5.02 Å². The Hall–Kier alpha value is -1.97. The molecular weight excluding hydrogens is 309 g/mol. The van der Waals surface area contributed by atoms with Crippen LogP contribution in [-0.4, -0.2) is 12.6 Å². The molecule has 0 aromatic heterocycles. The molecule has 1 aliphatic rings. The number of nitrogens with one attached hydrogen (secondary N) is 1. The van der Waals surface area contributed by atoms with Crippen molar-refractivity contribution in [2.75, 3.05) is 11.9 Å². The van der Waals surface area contributed by atoms with Gasteiger partial charge in [-0.05, 0) is 29.8 Å². The van der Waals surface area contributed by atoms with Gasteiger partial charge in [0.2, 0.25) is 0 Å². The maximum atomic E-state index is 12.0. The summed E-state index contributed by atoms with van der Waals surface area (Å²) in [4.78, 5) is 12.0. The third-order valence-electron chi connectivity index (χ3n) is 3.13. The zero-order valence-corrected chi connectivity index (χ0v) is 12.4. The largest absolute Gasteiger partial charge is 0.456 e. The average Bonchev–Trinajstić information content (AvgIpc) is 2.82. The number of hydrogen-bond donors (Lipinski definition) is 1. The van der Waals surface area contributed by atoms with Gasteiger partial charge in [0.15, 0.2) is 0 Å². The summed E-state index contributed by atoms with van der Waals surface area (Å²) in [6, 6.07) is 14.4. The van der Waals surface area contributed by atoms with Crippen LogP contribution in [0, 0.1) is 0 Å². The van der Waals surface area contributed by atoms with Crippen LogP contribution in [0.3, 0.4) is 0 Å². The van der Waals surface area contributed by atoms with Crippen molar-refractivity contribution in [2.45, 2.75) is 0 Å². The van der Waals surface area contributed by atoms with E-state index < -0.39 is 0 Å². The monoisotopic (exact) mass is 319 g/mol. The molecule has 2 aromatic rings. The van der Waals surface area contributed by atoms with Crippen molar-refractivity contribution in [1.82, 2.24) is 0 Å². The van der Waals surface area contributed by atoms with Gasteiger partial charge in [-0.15, -0.1) is 0 Å². The smallest absolute Gasteiger partial charge is 0.341 e. The first-order chi connectivity index (χ1) is 10.1. The summed E-state index contributed by atoms with van der Waals surface area (Å²) in [7, 11) is 0. The summed E-state index contributed by atoms with van der Waals surface area (Å²) in [5.41, 5.74) is 2.61. The first-order valence-corrected chi connectivity index (χ1v) is 7.08. The summed E-state index contributed by atoms with van der Waals surface area (Å²) in [6.07, 6.45) is 0. The molecule has 0 saturated heterocycles. The Balaban J connectivity index is 2.02. The first-order valence-electron chi connectivity index (χ1n) is 6.33. The Morgan fingerprint density at radius 2 is 1.86 bits per heavy atom. The Bertz CT molecular complexity index is 741. The van der Waals surface area contributed by atoms with E-state index in [1.807, 2.05) is 24.3 Å². The minimum Gasteiger partial charge on any atom is -0.456 e. The zero-order valence-electron chi connectivity index (χ0n) is 10.9. The Labute approximate surface area is 132 Å². The lowest BCUT2D eigenvalue weighted by molar-refractivity contribution is -0.134. The summed E-state index contributed by atoms with van der Waals surface area (Å²) in [5, 5.41) is 4.31. The standard InChI is InChI=1S/C16H11Cl2NO2/c17-11-5-3-4-10(8-11)15-14(9-21-16(15)20)19-13-7-2-1-6-12(13)18/h1-8,19H,9H2. The van der Waals surface area contributed by atoms with E-state index in [1.54, 1.807) is 24.3 Å². The predicted molar refractivity (Wildman–Crippen MR) is 84.4 cm³/mol. The lowest BCUT2D eigenvalue weighted by Crippen LogP contribution is -2.03. The Morgan fingerprint density at radius 1 is 1.05 bits per heavy atom. The van der Waals surface area contributed by atoms with E-state index in [0.717, 1.165) is 11.3 Å². The van der Waals surface area contributed by atoms with Gasteiger partial charge < -0.3 is 10.1 Å². The molecule has 0 saturated carbocycles. The molecule has 1 heterocycles. The van der Waals surface area contributed by atoms with Gasteiger partial charge >= 0.3 is 5.97 Å². The van der Waals surface area contributed by atoms with Gasteiger partial charge in [0.25, 0.3) is 0 Å². The van der Waals surface area contributed by atoms with Crippen LogP contribution in [0.1, 0.15) is 5.56 Å². The van der Waals surface area contributed by atoms with E-state index in [9.17, 15) is 4.79 Å². The third kappa shape index (κ3) is 2.89. The lowest BCUT2D eigenvalue weighted by Gasteiger charge is -2.09. The molecule has 0 atom stereocenters. The van der Waals surface area contributed by atoms with Crippen LogP contribution in [0.2, 0.25) is 10.0 Å². The van der Waals surface area contributed by atoms with Gasteiger partial charge in [-0.25, -0.2) is 4.79 Å². The van der Waals surface area contributed by atoms with E-state index in [4.69, 9.17) is 27.9 Å². The second kappa shape index (κ2) is 5.80. The van der Waals surface area contributed by atoms with E-state index in [2.05, 4.69) is 5.32 Å². The Kier molecular flexibility index (Phi) is 3.86. The molecule has 0 spiro atoms. The van der Waals surface area contributed by atoms with Crippen LogP contribution >= 0.6 is 23.2 Å². The second-order valence-electron chi connectivity index (χ2n) is 4.54. The zero-order chi connectivity index (χ0) is 14.8. The SMILES string of the molecule is O=C1OCC(Nc2ccccc2Cl)=C1c1cccc(Cl)c1. The highest BCUT2D eigenvalue weighted by molar-refractivity contribution is 6.33. The van der Waals surface area contributed by atoms with E-state index in [-0.39, 0.29) is 12.6 Å². The van der Waals surface area contributed by atoms with Crippen molar-refractivity contribution in [1.29, 1.82) is 0 Å². The molecular formula is C16H11Cl2NO2.